The minimum atomic E-state index is -0.477. The number of nitrogens with one attached hydrogen (secondary N) is 2. The zero-order valence-electron chi connectivity index (χ0n) is 17.9. The molecule has 0 radical (unpaired) electrons. The summed E-state index contributed by atoms with van der Waals surface area (Å²) in [5.41, 5.74) is -0.477. The lowest BCUT2D eigenvalue weighted by Crippen LogP contribution is -2.53. The maximum Gasteiger partial charge on any atom is 0.410 e. The minimum Gasteiger partial charge on any atom is -0.444 e. The molecule has 0 aromatic carbocycles. The summed E-state index contributed by atoms with van der Waals surface area (Å²) in [6.07, 6.45) is 4.64. The number of carbonyl (C=O) groups excluding carboxylic acids is 1. The molecular formula is C20H40N4O3. The van der Waals surface area contributed by atoms with Gasteiger partial charge >= 0.3 is 6.09 Å². The molecule has 7 nitrogen and oxygen atoms in total. The van der Waals surface area contributed by atoms with Crippen molar-refractivity contribution in [2.75, 3.05) is 32.8 Å². The van der Waals surface area contributed by atoms with E-state index in [0.29, 0.717) is 19.0 Å². The second-order valence-corrected chi connectivity index (χ2v) is 8.30. The van der Waals surface area contributed by atoms with Crippen LogP contribution >= 0.6 is 0 Å². The fourth-order valence-corrected chi connectivity index (χ4v) is 3.24. The van der Waals surface area contributed by atoms with E-state index in [4.69, 9.17) is 9.73 Å². The van der Waals surface area contributed by atoms with E-state index in [9.17, 15) is 9.90 Å². The maximum absolute atomic E-state index is 12.3. The minimum absolute atomic E-state index is 0.159. The third kappa shape index (κ3) is 9.84. The van der Waals surface area contributed by atoms with Crippen LogP contribution in [0.15, 0.2) is 4.99 Å². The maximum atomic E-state index is 12.3. The molecule has 0 aromatic heterocycles. The molecular weight excluding hydrogens is 344 g/mol. The number of nitrogens with zero attached hydrogens (tertiary/aromatic N) is 2. The van der Waals surface area contributed by atoms with Crippen LogP contribution in [-0.2, 0) is 4.74 Å². The molecule has 2 unspecified atom stereocenters. The number of piperidine rings is 1. The van der Waals surface area contributed by atoms with E-state index < -0.39 is 5.60 Å². The van der Waals surface area contributed by atoms with Crippen molar-refractivity contribution in [2.24, 2.45) is 10.9 Å². The molecule has 0 aromatic rings. The molecule has 1 saturated heterocycles. The van der Waals surface area contributed by atoms with Crippen molar-refractivity contribution in [3.05, 3.63) is 0 Å². The highest BCUT2D eigenvalue weighted by atomic mass is 16.6. The van der Waals surface area contributed by atoms with Gasteiger partial charge in [0, 0.05) is 38.8 Å². The van der Waals surface area contributed by atoms with Crippen LogP contribution in [0.25, 0.3) is 0 Å². The van der Waals surface area contributed by atoms with E-state index in [0.717, 1.165) is 51.2 Å². The molecule has 27 heavy (non-hydrogen) atoms. The van der Waals surface area contributed by atoms with Gasteiger partial charge in [0.1, 0.15) is 5.60 Å². The van der Waals surface area contributed by atoms with Gasteiger partial charge in [0.2, 0.25) is 0 Å². The van der Waals surface area contributed by atoms with Crippen molar-refractivity contribution in [1.29, 1.82) is 0 Å². The van der Waals surface area contributed by atoms with Gasteiger partial charge in [0.15, 0.2) is 5.96 Å². The summed E-state index contributed by atoms with van der Waals surface area (Å²) >= 11 is 0. The van der Waals surface area contributed by atoms with Crippen LogP contribution < -0.4 is 10.6 Å². The molecule has 1 rings (SSSR count). The topological polar surface area (TPSA) is 86.2 Å². The van der Waals surface area contributed by atoms with Crippen molar-refractivity contribution >= 4 is 12.1 Å². The smallest absolute Gasteiger partial charge is 0.410 e. The van der Waals surface area contributed by atoms with E-state index in [1.807, 2.05) is 27.7 Å². The molecule has 1 aliphatic rings. The van der Waals surface area contributed by atoms with Crippen LogP contribution in [0.2, 0.25) is 0 Å². The fraction of sp³-hybridized carbons (Fsp3) is 0.900. The summed E-state index contributed by atoms with van der Waals surface area (Å²) in [4.78, 5) is 18.8. The Morgan fingerprint density at radius 2 is 2.07 bits per heavy atom. The Hall–Kier alpha value is -1.50. The number of hydrogen-bond donors (Lipinski definition) is 3. The first-order chi connectivity index (χ1) is 12.8. The molecule has 1 heterocycles. The first kappa shape index (κ1) is 23.5. The molecule has 0 aliphatic carbocycles. The molecule has 0 saturated carbocycles. The second kappa shape index (κ2) is 12.1. The van der Waals surface area contributed by atoms with E-state index in [1.54, 1.807) is 4.90 Å². The standard InChI is InChI=1S/C20H40N4O3/c1-6-9-16(11-13-25)14-22-18(21-7-2)23-17-10-8-12-24(15-17)19(26)27-20(3,4)5/h16-17,25H,6-15H2,1-5H3,(H2,21,22,23). The number of ether oxygens (including phenoxy) is 1. The van der Waals surface area contributed by atoms with Crippen molar-refractivity contribution in [3.8, 4) is 0 Å². The van der Waals surface area contributed by atoms with Gasteiger partial charge in [-0.2, -0.15) is 0 Å². The zero-order chi connectivity index (χ0) is 20.3. The normalized spacial score (nSPS) is 19.6. The Bertz CT molecular complexity index is 457. The molecule has 1 amide bonds. The van der Waals surface area contributed by atoms with Gasteiger partial charge < -0.3 is 25.4 Å². The van der Waals surface area contributed by atoms with E-state index in [2.05, 4.69) is 17.6 Å². The summed E-state index contributed by atoms with van der Waals surface area (Å²) in [7, 11) is 0. The summed E-state index contributed by atoms with van der Waals surface area (Å²) < 4.78 is 5.50. The van der Waals surface area contributed by atoms with Crippen LogP contribution in [0, 0.1) is 5.92 Å². The van der Waals surface area contributed by atoms with Crippen LogP contribution in [0.4, 0.5) is 4.79 Å². The third-order valence-electron chi connectivity index (χ3n) is 4.50. The number of aliphatic imine (C=N–C) groups is 1. The van der Waals surface area contributed by atoms with Crippen LogP contribution in [0.3, 0.4) is 0 Å². The van der Waals surface area contributed by atoms with Crippen molar-refractivity contribution < 1.29 is 14.6 Å². The molecule has 1 aliphatic heterocycles. The van der Waals surface area contributed by atoms with Gasteiger partial charge in [-0.25, -0.2) is 4.79 Å². The van der Waals surface area contributed by atoms with Gasteiger partial charge in [-0.3, -0.25) is 4.99 Å². The average molecular weight is 385 g/mol. The second-order valence-electron chi connectivity index (χ2n) is 8.30. The Morgan fingerprint density at radius 3 is 2.67 bits per heavy atom. The largest absolute Gasteiger partial charge is 0.444 e. The highest BCUT2D eigenvalue weighted by molar-refractivity contribution is 5.80. The molecule has 1 fully saturated rings. The number of guanidine groups is 1. The predicted octanol–water partition coefficient (Wildman–Crippen LogP) is 2.74. The van der Waals surface area contributed by atoms with Gasteiger partial charge in [0.25, 0.3) is 0 Å². The first-order valence-corrected chi connectivity index (χ1v) is 10.4. The number of aliphatic hydroxyl groups is 1. The van der Waals surface area contributed by atoms with Crippen LogP contribution in [-0.4, -0.2) is 66.5 Å². The van der Waals surface area contributed by atoms with Crippen molar-refractivity contribution in [3.63, 3.8) is 0 Å². The van der Waals surface area contributed by atoms with Crippen molar-refractivity contribution in [2.45, 2.75) is 78.4 Å². The van der Waals surface area contributed by atoms with Gasteiger partial charge in [-0.05, 0) is 59.3 Å². The number of rotatable bonds is 8. The zero-order valence-corrected chi connectivity index (χ0v) is 17.9. The van der Waals surface area contributed by atoms with Gasteiger partial charge in [-0.1, -0.05) is 13.3 Å². The average Bonchev–Trinajstić information content (AvgIpc) is 2.59. The lowest BCUT2D eigenvalue weighted by molar-refractivity contribution is 0.0193. The number of likely N-dealkylation sites (tertiary alicyclic amines) is 1. The Morgan fingerprint density at radius 1 is 1.33 bits per heavy atom. The monoisotopic (exact) mass is 384 g/mol. The summed E-state index contributed by atoms with van der Waals surface area (Å²) in [5, 5.41) is 16.0. The Kier molecular flexibility index (Phi) is 10.5. The summed E-state index contributed by atoms with van der Waals surface area (Å²) in [6.45, 7) is 12.9. The third-order valence-corrected chi connectivity index (χ3v) is 4.50. The fourth-order valence-electron chi connectivity index (χ4n) is 3.24. The van der Waals surface area contributed by atoms with Crippen LogP contribution in [0.5, 0.6) is 0 Å². The van der Waals surface area contributed by atoms with E-state index >= 15 is 0 Å². The number of aliphatic hydroxyl groups excluding tert-OH is 1. The van der Waals surface area contributed by atoms with Crippen molar-refractivity contribution in [1.82, 2.24) is 15.5 Å². The number of hydrogen-bond acceptors (Lipinski definition) is 4. The molecule has 3 N–H and O–H groups in total. The SMILES string of the molecule is CCCC(CCO)CN=C(NCC)NC1CCCN(C(=O)OC(C)(C)C)C1. The highest BCUT2D eigenvalue weighted by Crippen LogP contribution is 2.16. The van der Waals surface area contributed by atoms with E-state index in [-0.39, 0.29) is 18.7 Å². The van der Waals surface area contributed by atoms with Gasteiger partial charge in [0.05, 0.1) is 0 Å². The first-order valence-electron chi connectivity index (χ1n) is 10.4. The lowest BCUT2D eigenvalue weighted by atomic mass is 10.0. The summed E-state index contributed by atoms with van der Waals surface area (Å²) in [6, 6.07) is 0.159. The van der Waals surface area contributed by atoms with E-state index in [1.165, 1.54) is 0 Å². The Labute approximate surface area is 164 Å². The van der Waals surface area contributed by atoms with Crippen LogP contribution in [0.1, 0.15) is 66.7 Å². The highest BCUT2D eigenvalue weighted by Gasteiger charge is 2.28. The lowest BCUT2D eigenvalue weighted by Gasteiger charge is -2.35. The Balaban J connectivity index is 2.64. The molecule has 2 atom stereocenters. The molecule has 7 heteroatoms. The summed E-state index contributed by atoms with van der Waals surface area (Å²) in [5.74, 6) is 1.19. The quantitative estimate of drug-likeness (QED) is 0.442. The van der Waals surface area contributed by atoms with Gasteiger partial charge in [-0.15, -0.1) is 0 Å². The molecule has 0 bridgehead atoms. The molecule has 158 valence electrons. The molecule has 0 spiro atoms. The number of amides is 1. The predicted molar refractivity (Wildman–Crippen MR) is 110 cm³/mol. The number of carbonyl (C=O) groups is 1.